The first kappa shape index (κ1) is 14.1. The van der Waals surface area contributed by atoms with Gasteiger partial charge in [-0.05, 0) is 19.8 Å². The summed E-state index contributed by atoms with van der Waals surface area (Å²) in [4.78, 5) is 12.3. The van der Waals surface area contributed by atoms with E-state index in [0.29, 0.717) is 17.0 Å². The molecule has 1 aromatic rings. The van der Waals surface area contributed by atoms with Crippen molar-refractivity contribution in [1.29, 1.82) is 0 Å². The number of hydrogen-bond acceptors (Lipinski definition) is 4. The van der Waals surface area contributed by atoms with E-state index in [1.807, 2.05) is 13.8 Å². The lowest BCUT2D eigenvalue weighted by Crippen LogP contribution is -2.45. The molecule has 1 fully saturated rings. The third kappa shape index (κ3) is 2.97. The monoisotopic (exact) mass is 266 g/mol. The molecule has 1 aromatic heterocycles. The van der Waals surface area contributed by atoms with Gasteiger partial charge in [0.1, 0.15) is 5.56 Å². The predicted molar refractivity (Wildman–Crippen MR) is 71.1 cm³/mol. The summed E-state index contributed by atoms with van der Waals surface area (Å²) >= 11 is 0. The van der Waals surface area contributed by atoms with E-state index in [-0.39, 0.29) is 17.9 Å². The predicted octanol–water partition coefficient (Wildman–Crippen LogP) is 2.14. The molecular formula is C14H22N2O3. The number of aromatic nitrogens is 1. The van der Waals surface area contributed by atoms with Gasteiger partial charge in [0, 0.05) is 5.92 Å². The molecule has 2 N–H and O–H groups in total. The smallest absolute Gasteiger partial charge is 0.257 e. The van der Waals surface area contributed by atoms with Crippen LogP contribution in [0.5, 0.6) is 0 Å². The summed E-state index contributed by atoms with van der Waals surface area (Å²) in [6, 6.07) is -0.157. The number of carbonyl (C=O) groups is 1. The van der Waals surface area contributed by atoms with Crippen LogP contribution in [0.2, 0.25) is 0 Å². The number of carbonyl (C=O) groups excluding carboxylic acids is 1. The Morgan fingerprint density at radius 1 is 1.42 bits per heavy atom. The first-order valence-electron chi connectivity index (χ1n) is 6.95. The summed E-state index contributed by atoms with van der Waals surface area (Å²) in [5.41, 5.74) is 1.12. The van der Waals surface area contributed by atoms with Crippen LogP contribution >= 0.6 is 0 Å². The number of rotatable bonds is 3. The maximum absolute atomic E-state index is 12.3. The summed E-state index contributed by atoms with van der Waals surface area (Å²) < 4.78 is 5.22. The fraction of sp³-hybridized carbons (Fsp3) is 0.714. The van der Waals surface area contributed by atoms with Crippen molar-refractivity contribution in [3.05, 3.63) is 17.0 Å². The Hall–Kier alpha value is -1.36. The van der Waals surface area contributed by atoms with Gasteiger partial charge in [-0.3, -0.25) is 4.79 Å². The Labute approximate surface area is 113 Å². The van der Waals surface area contributed by atoms with Crippen LogP contribution in [0.4, 0.5) is 0 Å². The Balaban J connectivity index is 2.13. The van der Waals surface area contributed by atoms with E-state index in [0.717, 1.165) is 25.7 Å². The van der Waals surface area contributed by atoms with Gasteiger partial charge in [0.25, 0.3) is 5.91 Å². The largest absolute Gasteiger partial charge is 0.391 e. The van der Waals surface area contributed by atoms with E-state index in [9.17, 15) is 9.90 Å². The maximum Gasteiger partial charge on any atom is 0.257 e. The van der Waals surface area contributed by atoms with Crippen LogP contribution in [0, 0.1) is 6.92 Å². The molecule has 2 rings (SSSR count). The highest BCUT2D eigenvalue weighted by Crippen LogP contribution is 2.24. The van der Waals surface area contributed by atoms with Crippen molar-refractivity contribution in [3.8, 4) is 0 Å². The van der Waals surface area contributed by atoms with Gasteiger partial charge in [-0.1, -0.05) is 31.8 Å². The SMILES string of the molecule is Cc1noc(C(C)C)c1C(=O)NC1CCCCC1O. The minimum atomic E-state index is -0.444. The van der Waals surface area contributed by atoms with E-state index >= 15 is 0 Å². The van der Waals surface area contributed by atoms with Gasteiger partial charge in [0.2, 0.25) is 0 Å². The van der Waals surface area contributed by atoms with Gasteiger partial charge in [0.15, 0.2) is 5.76 Å². The number of aryl methyl sites for hydroxylation is 1. The highest BCUT2D eigenvalue weighted by atomic mass is 16.5. The highest BCUT2D eigenvalue weighted by Gasteiger charge is 2.28. The normalized spacial score (nSPS) is 23.6. The highest BCUT2D eigenvalue weighted by molar-refractivity contribution is 5.96. The van der Waals surface area contributed by atoms with Crippen LogP contribution in [0.3, 0.4) is 0 Å². The van der Waals surface area contributed by atoms with E-state index in [1.165, 1.54) is 0 Å². The van der Waals surface area contributed by atoms with E-state index in [1.54, 1.807) is 6.92 Å². The van der Waals surface area contributed by atoms with Crippen molar-refractivity contribution >= 4 is 5.91 Å². The number of nitrogens with zero attached hydrogens (tertiary/aromatic N) is 1. The molecule has 1 heterocycles. The average molecular weight is 266 g/mol. The summed E-state index contributed by atoms with van der Waals surface area (Å²) in [7, 11) is 0. The molecule has 5 nitrogen and oxygen atoms in total. The summed E-state index contributed by atoms with van der Waals surface area (Å²) in [6.07, 6.45) is 3.21. The quantitative estimate of drug-likeness (QED) is 0.879. The molecule has 0 radical (unpaired) electrons. The molecule has 1 saturated carbocycles. The number of aliphatic hydroxyl groups excluding tert-OH is 1. The molecule has 19 heavy (non-hydrogen) atoms. The maximum atomic E-state index is 12.3. The van der Waals surface area contributed by atoms with Gasteiger partial charge in [-0.2, -0.15) is 0 Å². The van der Waals surface area contributed by atoms with E-state index in [2.05, 4.69) is 10.5 Å². The Morgan fingerprint density at radius 3 is 2.74 bits per heavy atom. The van der Waals surface area contributed by atoms with Crippen molar-refractivity contribution in [2.75, 3.05) is 0 Å². The van der Waals surface area contributed by atoms with Gasteiger partial charge >= 0.3 is 0 Å². The molecule has 0 saturated heterocycles. The van der Waals surface area contributed by atoms with Crippen molar-refractivity contribution in [1.82, 2.24) is 10.5 Å². The zero-order valence-corrected chi connectivity index (χ0v) is 11.8. The van der Waals surface area contributed by atoms with Crippen LogP contribution in [0.1, 0.15) is 67.3 Å². The molecule has 1 aliphatic carbocycles. The number of hydrogen-bond donors (Lipinski definition) is 2. The first-order valence-corrected chi connectivity index (χ1v) is 6.95. The second kappa shape index (κ2) is 5.74. The third-order valence-electron chi connectivity index (χ3n) is 3.69. The Morgan fingerprint density at radius 2 is 2.11 bits per heavy atom. The molecule has 106 valence electrons. The van der Waals surface area contributed by atoms with E-state index in [4.69, 9.17) is 4.52 Å². The number of amides is 1. The van der Waals surface area contributed by atoms with Gasteiger partial charge in [0.05, 0.1) is 17.8 Å². The molecule has 5 heteroatoms. The van der Waals surface area contributed by atoms with Crippen molar-refractivity contribution < 1.29 is 14.4 Å². The summed E-state index contributed by atoms with van der Waals surface area (Å²) in [5, 5.41) is 16.7. The van der Waals surface area contributed by atoms with Gasteiger partial charge in [-0.25, -0.2) is 0 Å². The molecule has 0 aromatic carbocycles. The molecule has 2 unspecified atom stereocenters. The fourth-order valence-corrected chi connectivity index (χ4v) is 2.58. The zero-order valence-electron chi connectivity index (χ0n) is 11.8. The molecular weight excluding hydrogens is 244 g/mol. The zero-order chi connectivity index (χ0) is 14.0. The lowest BCUT2D eigenvalue weighted by molar-refractivity contribution is 0.0715. The number of aliphatic hydroxyl groups is 1. The Kier molecular flexibility index (Phi) is 4.24. The standard InChI is InChI=1S/C14H22N2O3/c1-8(2)13-12(9(3)16-19-13)14(18)15-10-6-4-5-7-11(10)17/h8,10-11,17H,4-7H2,1-3H3,(H,15,18). The first-order chi connectivity index (χ1) is 9.00. The lowest BCUT2D eigenvalue weighted by atomic mass is 9.92. The molecule has 2 atom stereocenters. The van der Waals surface area contributed by atoms with E-state index < -0.39 is 6.10 Å². The molecule has 1 aliphatic rings. The summed E-state index contributed by atoms with van der Waals surface area (Å²) in [5.74, 6) is 0.534. The fourth-order valence-electron chi connectivity index (χ4n) is 2.58. The molecule has 0 bridgehead atoms. The molecule has 0 aliphatic heterocycles. The average Bonchev–Trinajstić information content (AvgIpc) is 2.74. The van der Waals surface area contributed by atoms with Gasteiger partial charge in [-0.15, -0.1) is 0 Å². The van der Waals surface area contributed by atoms with Crippen LogP contribution in [-0.4, -0.2) is 28.3 Å². The lowest BCUT2D eigenvalue weighted by Gasteiger charge is -2.28. The number of nitrogens with one attached hydrogen (secondary N) is 1. The summed E-state index contributed by atoms with van der Waals surface area (Å²) in [6.45, 7) is 5.69. The third-order valence-corrected chi connectivity index (χ3v) is 3.69. The minimum Gasteiger partial charge on any atom is -0.391 e. The topological polar surface area (TPSA) is 75.4 Å². The van der Waals surface area contributed by atoms with Crippen LogP contribution in [0.25, 0.3) is 0 Å². The van der Waals surface area contributed by atoms with Crippen LogP contribution < -0.4 is 5.32 Å². The second-order valence-corrected chi connectivity index (χ2v) is 5.59. The molecule has 0 spiro atoms. The van der Waals surface area contributed by atoms with Crippen molar-refractivity contribution in [2.24, 2.45) is 0 Å². The van der Waals surface area contributed by atoms with Crippen molar-refractivity contribution in [2.45, 2.75) is 64.5 Å². The van der Waals surface area contributed by atoms with Crippen molar-refractivity contribution in [3.63, 3.8) is 0 Å². The van der Waals surface area contributed by atoms with Gasteiger partial charge < -0.3 is 14.9 Å². The molecule has 1 amide bonds. The Bertz CT molecular complexity index is 454. The second-order valence-electron chi connectivity index (χ2n) is 5.59. The minimum absolute atomic E-state index is 0.109. The van der Waals surface area contributed by atoms with Crippen LogP contribution in [-0.2, 0) is 0 Å². The van der Waals surface area contributed by atoms with Crippen LogP contribution in [0.15, 0.2) is 4.52 Å².